The average Bonchev–Trinajstić information content (AvgIpc) is 3.26. The summed E-state index contributed by atoms with van der Waals surface area (Å²) < 4.78 is 20.8. The molecule has 1 heterocycles. The Morgan fingerprint density at radius 2 is 1.80 bits per heavy atom. The molecule has 3 aromatic carbocycles. The van der Waals surface area contributed by atoms with Crippen molar-refractivity contribution in [1.29, 1.82) is 0 Å². The molecule has 0 aliphatic carbocycles. The van der Waals surface area contributed by atoms with Gasteiger partial charge in [0.05, 0.1) is 18.0 Å². The van der Waals surface area contributed by atoms with E-state index in [0.717, 1.165) is 17.7 Å². The lowest BCUT2D eigenvalue weighted by atomic mass is 10.1. The van der Waals surface area contributed by atoms with Gasteiger partial charge in [-0.3, -0.25) is 4.79 Å². The molecule has 0 fully saturated rings. The Balaban J connectivity index is 1.40. The van der Waals surface area contributed by atoms with Crippen LogP contribution in [0.15, 0.2) is 78.0 Å². The molecule has 4 aromatic rings. The number of hydrogen-bond donors (Lipinski definition) is 1. The average molecular weight is 531 g/mol. The number of carbonyl (C=O) groups is 1. The van der Waals surface area contributed by atoms with Crippen LogP contribution in [0.4, 0.5) is 10.1 Å². The van der Waals surface area contributed by atoms with Crippen LogP contribution in [0, 0.1) is 5.82 Å². The zero-order valence-corrected chi connectivity index (χ0v) is 20.8. The summed E-state index contributed by atoms with van der Waals surface area (Å²) in [5, 5.41) is 12.9. The summed E-state index contributed by atoms with van der Waals surface area (Å²) in [4.78, 5) is 12.4. The molecule has 0 saturated carbocycles. The summed E-state index contributed by atoms with van der Waals surface area (Å²) in [6.07, 6.45) is 1.44. The number of aromatic nitrogens is 3. The molecule has 0 atom stereocenters. The monoisotopic (exact) mass is 530 g/mol. The standard InChI is InChI=1S/C25H21Cl2FN4O2S/c26-18-9-8-17(22(27)15-18)5-4-14-34-24-30-31-25(32(24)21-6-2-1-3-7-21)35-16-23(33)29-20-12-10-19(28)11-13-20/h1-3,6-13,15H,4-5,14,16H2,(H,29,33). The maximum absolute atomic E-state index is 13.1. The first-order valence-electron chi connectivity index (χ1n) is 10.8. The molecule has 0 spiro atoms. The molecule has 0 radical (unpaired) electrons. The smallest absolute Gasteiger partial charge is 0.322 e. The van der Waals surface area contributed by atoms with E-state index < -0.39 is 0 Å². The first-order chi connectivity index (χ1) is 17.0. The van der Waals surface area contributed by atoms with Gasteiger partial charge >= 0.3 is 6.01 Å². The molecular formula is C25H21Cl2FN4O2S. The molecular weight excluding hydrogens is 510 g/mol. The molecule has 0 aliphatic heterocycles. The first-order valence-corrected chi connectivity index (χ1v) is 12.5. The van der Waals surface area contributed by atoms with Crippen LogP contribution in [-0.4, -0.2) is 33.0 Å². The quantitative estimate of drug-likeness (QED) is 0.188. The Hall–Kier alpha value is -3.07. The van der Waals surface area contributed by atoms with Crippen molar-refractivity contribution in [3.63, 3.8) is 0 Å². The van der Waals surface area contributed by atoms with E-state index in [4.69, 9.17) is 27.9 Å². The van der Waals surface area contributed by atoms with Crippen molar-refractivity contribution in [1.82, 2.24) is 14.8 Å². The molecule has 0 bridgehead atoms. The fourth-order valence-electron chi connectivity index (χ4n) is 3.25. The maximum atomic E-state index is 13.1. The van der Waals surface area contributed by atoms with Crippen LogP contribution in [0.2, 0.25) is 10.0 Å². The minimum Gasteiger partial charge on any atom is -0.463 e. The number of ether oxygens (including phenoxy) is 1. The lowest BCUT2D eigenvalue weighted by molar-refractivity contribution is -0.113. The third-order valence-corrected chi connectivity index (χ3v) is 6.43. The van der Waals surface area contributed by atoms with E-state index in [1.807, 2.05) is 42.5 Å². The van der Waals surface area contributed by atoms with Crippen molar-refractivity contribution in [3.05, 3.63) is 94.2 Å². The zero-order chi connectivity index (χ0) is 24.6. The lowest BCUT2D eigenvalue weighted by Crippen LogP contribution is -2.14. The number of benzene rings is 3. The Bertz CT molecular complexity index is 1290. The van der Waals surface area contributed by atoms with E-state index in [-0.39, 0.29) is 17.5 Å². The number of halogens is 3. The molecule has 4 rings (SSSR count). The summed E-state index contributed by atoms with van der Waals surface area (Å²) in [6, 6.07) is 20.9. The Morgan fingerprint density at radius 1 is 1.03 bits per heavy atom. The van der Waals surface area contributed by atoms with Gasteiger partial charge in [-0.25, -0.2) is 8.96 Å². The number of carbonyl (C=O) groups excluding carboxylic acids is 1. The van der Waals surface area contributed by atoms with Crippen molar-refractivity contribution < 1.29 is 13.9 Å². The number of nitrogens with one attached hydrogen (secondary N) is 1. The Labute approximate surface area is 216 Å². The normalized spacial score (nSPS) is 10.8. The van der Waals surface area contributed by atoms with Crippen LogP contribution in [0.25, 0.3) is 5.69 Å². The second kappa shape index (κ2) is 12.1. The minimum atomic E-state index is -0.364. The van der Waals surface area contributed by atoms with Gasteiger partial charge in [-0.2, -0.15) is 0 Å². The van der Waals surface area contributed by atoms with Crippen molar-refractivity contribution >= 4 is 46.6 Å². The second-order valence-electron chi connectivity index (χ2n) is 7.47. The molecule has 0 unspecified atom stereocenters. The largest absolute Gasteiger partial charge is 0.463 e. The van der Waals surface area contributed by atoms with E-state index in [1.165, 1.54) is 36.0 Å². The predicted octanol–water partition coefficient (Wildman–Crippen LogP) is 6.46. The fourth-order valence-corrected chi connectivity index (χ4v) is 4.50. The van der Waals surface area contributed by atoms with Crippen LogP contribution in [-0.2, 0) is 11.2 Å². The minimum absolute atomic E-state index is 0.0947. The molecule has 6 nitrogen and oxygen atoms in total. The highest BCUT2D eigenvalue weighted by molar-refractivity contribution is 7.99. The van der Waals surface area contributed by atoms with E-state index in [2.05, 4.69) is 15.5 Å². The van der Waals surface area contributed by atoms with Gasteiger partial charge in [-0.1, -0.05) is 64.3 Å². The number of thioether (sulfide) groups is 1. The van der Waals surface area contributed by atoms with Crippen molar-refractivity contribution in [2.24, 2.45) is 0 Å². The van der Waals surface area contributed by atoms with E-state index in [9.17, 15) is 9.18 Å². The second-order valence-corrected chi connectivity index (χ2v) is 9.25. The number of rotatable bonds is 10. The van der Waals surface area contributed by atoms with Gasteiger partial charge in [0, 0.05) is 15.7 Å². The number of aryl methyl sites for hydroxylation is 1. The molecule has 1 N–H and O–H groups in total. The summed E-state index contributed by atoms with van der Waals surface area (Å²) in [7, 11) is 0. The number of hydrogen-bond acceptors (Lipinski definition) is 5. The Kier molecular flexibility index (Phi) is 8.63. The van der Waals surface area contributed by atoms with Gasteiger partial charge in [0.25, 0.3) is 0 Å². The third kappa shape index (κ3) is 6.97. The van der Waals surface area contributed by atoms with Gasteiger partial charge < -0.3 is 10.1 Å². The number of para-hydroxylation sites is 1. The summed E-state index contributed by atoms with van der Waals surface area (Å²) in [6.45, 7) is 0.402. The molecule has 0 saturated heterocycles. The molecule has 1 aromatic heterocycles. The lowest BCUT2D eigenvalue weighted by Gasteiger charge is -2.11. The van der Waals surface area contributed by atoms with Crippen molar-refractivity contribution in [2.75, 3.05) is 17.7 Å². The maximum Gasteiger partial charge on any atom is 0.322 e. The third-order valence-electron chi connectivity index (χ3n) is 4.92. The van der Waals surface area contributed by atoms with Crippen LogP contribution >= 0.6 is 35.0 Å². The Morgan fingerprint density at radius 3 is 2.54 bits per heavy atom. The molecule has 35 heavy (non-hydrogen) atoms. The molecule has 0 aliphatic rings. The van der Waals surface area contributed by atoms with Crippen LogP contribution < -0.4 is 10.1 Å². The highest BCUT2D eigenvalue weighted by Crippen LogP contribution is 2.27. The van der Waals surface area contributed by atoms with Crippen LogP contribution in [0.5, 0.6) is 6.01 Å². The van der Waals surface area contributed by atoms with Crippen LogP contribution in [0.1, 0.15) is 12.0 Å². The van der Waals surface area contributed by atoms with Crippen molar-refractivity contribution in [3.8, 4) is 11.7 Å². The highest BCUT2D eigenvalue weighted by Gasteiger charge is 2.17. The molecule has 180 valence electrons. The number of amides is 1. The zero-order valence-electron chi connectivity index (χ0n) is 18.5. The summed E-state index contributed by atoms with van der Waals surface area (Å²) in [5.41, 5.74) is 2.33. The van der Waals surface area contributed by atoms with Gasteiger partial charge in [0.15, 0.2) is 5.16 Å². The van der Waals surface area contributed by atoms with Crippen molar-refractivity contribution in [2.45, 2.75) is 18.0 Å². The molecule has 10 heteroatoms. The van der Waals surface area contributed by atoms with E-state index in [1.54, 1.807) is 10.6 Å². The van der Waals surface area contributed by atoms with Gasteiger partial charge in [-0.15, -0.1) is 5.10 Å². The fraction of sp³-hybridized carbons (Fsp3) is 0.160. The molecule has 1 amide bonds. The predicted molar refractivity (Wildman–Crippen MR) is 137 cm³/mol. The van der Waals surface area contributed by atoms with Gasteiger partial charge in [-0.05, 0) is 66.9 Å². The summed E-state index contributed by atoms with van der Waals surface area (Å²) >= 11 is 13.4. The number of nitrogens with zero attached hydrogens (tertiary/aromatic N) is 3. The van der Waals surface area contributed by atoms with E-state index >= 15 is 0 Å². The van der Waals surface area contributed by atoms with Crippen LogP contribution in [0.3, 0.4) is 0 Å². The SMILES string of the molecule is O=C(CSc1nnc(OCCCc2ccc(Cl)cc2Cl)n1-c1ccccc1)Nc1ccc(F)cc1. The first kappa shape index (κ1) is 25.0. The summed E-state index contributed by atoms with van der Waals surface area (Å²) in [5.74, 6) is -0.513. The topological polar surface area (TPSA) is 69.0 Å². The highest BCUT2D eigenvalue weighted by atomic mass is 35.5. The van der Waals surface area contributed by atoms with Gasteiger partial charge in [0.1, 0.15) is 5.82 Å². The van der Waals surface area contributed by atoms with Gasteiger partial charge in [0.2, 0.25) is 5.91 Å². The number of anilines is 1. The van der Waals surface area contributed by atoms with E-state index in [0.29, 0.717) is 39.9 Å².